The summed E-state index contributed by atoms with van der Waals surface area (Å²) in [5.41, 5.74) is 0.00772. The molecule has 100 valence electrons. The van der Waals surface area contributed by atoms with Gasteiger partial charge in [-0.25, -0.2) is 12.8 Å². The molecule has 0 saturated heterocycles. The zero-order chi connectivity index (χ0) is 14.0. The van der Waals surface area contributed by atoms with Crippen molar-refractivity contribution >= 4 is 27.3 Å². The zero-order valence-corrected chi connectivity index (χ0v) is 11.0. The van der Waals surface area contributed by atoms with Crippen LogP contribution in [0.4, 0.5) is 10.1 Å². The maximum atomic E-state index is 13.1. The van der Waals surface area contributed by atoms with Crippen molar-refractivity contribution in [3.63, 3.8) is 0 Å². The Hall–Kier alpha value is -1.79. The van der Waals surface area contributed by atoms with E-state index in [1.165, 1.54) is 24.3 Å². The summed E-state index contributed by atoms with van der Waals surface area (Å²) in [6.07, 6.45) is 0. The lowest BCUT2D eigenvalue weighted by atomic mass is 10.3. The number of nitrogens with one attached hydrogen (secondary N) is 1. The Balaban J connectivity index is 2.36. The lowest BCUT2D eigenvalue weighted by Gasteiger charge is -2.08. The van der Waals surface area contributed by atoms with Crippen molar-refractivity contribution in [1.29, 1.82) is 0 Å². The van der Waals surface area contributed by atoms with Crippen LogP contribution in [0.2, 0.25) is 5.02 Å². The summed E-state index contributed by atoms with van der Waals surface area (Å²) in [5.74, 6) is -0.832. The van der Waals surface area contributed by atoms with Crippen LogP contribution in [0.5, 0.6) is 5.75 Å². The molecular weight excluding hydrogens is 293 g/mol. The molecule has 2 aromatic rings. The van der Waals surface area contributed by atoms with Crippen LogP contribution in [0.3, 0.4) is 0 Å². The highest BCUT2D eigenvalue weighted by Crippen LogP contribution is 2.22. The van der Waals surface area contributed by atoms with Gasteiger partial charge in [0.05, 0.1) is 10.6 Å². The van der Waals surface area contributed by atoms with Crippen LogP contribution in [-0.2, 0) is 10.0 Å². The molecule has 0 saturated carbocycles. The summed E-state index contributed by atoms with van der Waals surface area (Å²) in [7, 11) is -3.90. The number of hydrogen-bond acceptors (Lipinski definition) is 3. The molecule has 0 atom stereocenters. The van der Waals surface area contributed by atoms with Crippen molar-refractivity contribution in [1.82, 2.24) is 0 Å². The van der Waals surface area contributed by atoms with E-state index in [1.807, 2.05) is 0 Å². The van der Waals surface area contributed by atoms with Crippen LogP contribution in [0.25, 0.3) is 0 Å². The highest BCUT2D eigenvalue weighted by molar-refractivity contribution is 7.92. The molecule has 7 heteroatoms. The molecule has 0 aliphatic carbocycles. The van der Waals surface area contributed by atoms with Gasteiger partial charge in [-0.1, -0.05) is 17.7 Å². The lowest BCUT2D eigenvalue weighted by molar-refractivity contribution is 0.473. The summed E-state index contributed by atoms with van der Waals surface area (Å²) in [6, 6.07) is 8.48. The van der Waals surface area contributed by atoms with Gasteiger partial charge in [0.1, 0.15) is 11.6 Å². The lowest BCUT2D eigenvalue weighted by Crippen LogP contribution is -2.12. The maximum Gasteiger partial charge on any atom is 0.262 e. The number of benzene rings is 2. The van der Waals surface area contributed by atoms with Gasteiger partial charge in [-0.15, -0.1) is 0 Å². The molecule has 0 bridgehead atoms. The minimum Gasteiger partial charge on any atom is -0.508 e. The van der Waals surface area contributed by atoms with Gasteiger partial charge in [0, 0.05) is 11.1 Å². The van der Waals surface area contributed by atoms with E-state index >= 15 is 0 Å². The molecule has 0 aromatic heterocycles. The molecule has 0 amide bonds. The second-order valence-electron chi connectivity index (χ2n) is 3.76. The van der Waals surface area contributed by atoms with Gasteiger partial charge in [0.2, 0.25) is 0 Å². The summed E-state index contributed by atoms with van der Waals surface area (Å²) in [5, 5.41) is 9.33. The fourth-order valence-electron chi connectivity index (χ4n) is 1.48. The molecule has 2 rings (SSSR count). The van der Waals surface area contributed by atoms with Gasteiger partial charge in [-0.3, -0.25) is 4.72 Å². The van der Waals surface area contributed by atoms with Crippen molar-refractivity contribution in [3.05, 3.63) is 53.3 Å². The Bertz CT molecular complexity index is 698. The molecule has 4 nitrogen and oxygen atoms in total. The minimum absolute atomic E-state index is 0.00772. The molecule has 0 unspecified atom stereocenters. The van der Waals surface area contributed by atoms with Crippen molar-refractivity contribution in [3.8, 4) is 5.75 Å². The van der Waals surface area contributed by atoms with Crippen molar-refractivity contribution < 1.29 is 17.9 Å². The molecule has 2 aromatic carbocycles. The van der Waals surface area contributed by atoms with Crippen molar-refractivity contribution in [2.75, 3.05) is 4.72 Å². The third kappa shape index (κ3) is 3.36. The smallest absolute Gasteiger partial charge is 0.262 e. The van der Waals surface area contributed by atoms with E-state index in [4.69, 9.17) is 11.6 Å². The van der Waals surface area contributed by atoms with Gasteiger partial charge in [-0.05, 0) is 30.3 Å². The Labute approximate surface area is 114 Å². The third-order valence-electron chi connectivity index (χ3n) is 2.24. The third-order valence-corrected chi connectivity index (χ3v) is 3.84. The number of anilines is 1. The molecular formula is C12H9ClFNO3S. The Morgan fingerprint density at radius 1 is 1.16 bits per heavy atom. The zero-order valence-electron chi connectivity index (χ0n) is 9.47. The molecule has 0 spiro atoms. The summed E-state index contributed by atoms with van der Waals surface area (Å²) in [4.78, 5) is -0.132. The van der Waals surface area contributed by atoms with Crippen molar-refractivity contribution in [2.24, 2.45) is 0 Å². The average Bonchev–Trinajstić information content (AvgIpc) is 2.26. The molecule has 0 aliphatic heterocycles. The molecule has 2 N–H and O–H groups in total. The standard InChI is InChI=1S/C12H9ClFNO3S/c13-8-4-9(14)6-10(5-8)15-19(17,18)12-3-1-2-11(16)7-12/h1-7,15-16H. The number of phenolic OH excluding ortho intramolecular Hbond substituents is 1. The Morgan fingerprint density at radius 2 is 1.89 bits per heavy atom. The fraction of sp³-hybridized carbons (Fsp3) is 0. The van der Waals surface area contributed by atoms with E-state index in [9.17, 15) is 17.9 Å². The summed E-state index contributed by atoms with van der Waals surface area (Å²) in [6.45, 7) is 0. The van der Waals surface area contributed by atoms with Crippen LogP contribution in [0.15, 0.2) is 47.4 Å². The van der Waals surface area contributed by atoms with Gasteiger partial charge in [0.25, 0.3) is 10.0 Å². The SMILES string of the molecule is O=S(=O)(Nc1cc(F)cc(Cl)c1)c1cccc(O)c1. The van der Waals surface area contributed by atoms with E-state index < -0.39 is 15.8 Å². The molecule has 0 aliphatic rings. The first-order valence-corrected chi connectivity index (χ1v) is 7.01. The Morgan fingerprint density at radius 3 is 2.53 bits per heavy atom. The quantitative estimate of drug-likeness (QED) is 0.916. The van der Waals surface area contributed by atoms with Gasteiger partial charge in [-0.2, -0.15) is 0 Å². The van der Waals surface area contributed by atoms with Gasteiger partial charge >= 0.3 is 0 Å². The number of hydrogen-bond donors (Lipinski definition) is 2. The Kier molecular flexibility index (Phi) is 3.64. The normalized spacial score (nSPS) is 11.3. The summed E-state index contributed by atoms with van der Waals surface area (Å²) < 4.78 is 39.3. The van der Waals surface area contributed by atoms with Crippen LogP contribution in [-0.4, -0.2) is 13.5 Å². The number of phenols is 1. The first-order chi connectivity index (χ1) is 8.87. The largest absolute Gasteiger partial charge is 0.508 e. The van der Waals surface area contributed by atoms with Crippen LogP contribution >= 0.6 is 11.6 Å². The van der Waals surface area contributed by atoms with E-state index in [0.29, 0.717) is 0 Å². The predicted molar refractivity (Wildman–Crippen MR) is 70.3 cm³/mol. The van der Waals surface area contributed by atoms with Crippen LogP contribution < -0.4 is 4.72 Å². The summed E-state index contributed by atoms with van der Waals surface area (Å²) >= 11 is 5.64. The van der Waals surface area contributed by atoms with Crippen molar-refractivity contribution in [2.45, 2.75) is 4.90 Å². The fourth-order valence-corrected chi connectivity index (χ4v) is 2.78. The molecule has 0 fully saturated rings. The van der Waals surface area contributed by atoms with E-state index in [0.717, 1.165) is 18.2 Å². The number of rotatable bonds is 3. The van der Waals surface area contributed by atoms with Crippen LogP contribution in [0.1, 0.15) is 0 Å². The monoisotopic (exact) mass is 301 g/mol. The average molecular weight is 302 g/mol. The predicted octanol–water partition coefficient (Wildman–Crippen LogP) is 2.99. The van der Waals surface area contributed by atoms with Crippen LogP contribution in [0, 0.1) is 5.82 Å². The number of halogens is 2. The maximum absolute atomic E-state index is 13.1. The topological polar surface area (TPSA) is 66.4 Å². The number of aromatic hydroxyl groups is 1. The molecule has 19 heavy (non-hydrogen) atoms. The first kappa shape index (κ1) is 13.6. The van der Waals surface area contributed by atoms with Gasteiger partial charge in [0.15, 0.2) is 0 Å². The minimum atomic E-state index is -3.90. The molecule has 0 heterocycles. The highest BCUT2D eigenvalue weighted by Gasteiger charge is 2.15. The second kappa shape index (κ2) is 5.07. The van der Waals surface area contributed by atoms with Gasteiger partial charge < -0.3 is 5.11 Å². The van der Waals surface area contributed by atoms with E-state index in [-0.39, 0.29) is 21.4 Å². The van der Waals surface area contributed by atoms with E-state index in [2.05, 4.69) is 4.72 Å². The second-order valence-corrected chi connectivity index (χ2v) is 5.88. The number of sulfonamides is 1. The highest BCUT2D eigenvalue weighted by atomic mass is 35.5. The molecule has 0 radical (unpaired) electrons. The first-order valence-electron chi connectivity index (χ1n) is 5.15. The van der Waals surface area contributed by atoms with E-state index in [1.54, 1.807) is 0 Å².